The van der Waals surface area contributed by atoms with Gasteiger partial charge in [0.1, 0.15) is 0 Å². The number of rotatable bonds is 7. The summed E-state index contributed by atoms with van der Waals surface area (Å²) in [4.78, 5) is 26.6. The molecule has 0 aliphatic carbocycles. The molecule has 0 radical (unpaired) electrons. The first-order valence-electron chi connectivity index (χ1n) is 7.56. The van der Waals surface area contributed by atoms with Crippen LogP contribution < -0.4 is 10.6 Å². The third-order valence-corrected chi connectivity index (χ3v) is 4.61. The van der Waals surface area contributed by atoms with Crippen LogP contribution in [0.25, 0.3) is 0 Å². The second-order valence-corrected chi connectivity index (χ2v) is 6.84. The fourth-order valence-electron chi connectivity index (χ4n) is 2.18. The molecule has 0 saturated heterocycles. The zero-order chi connectivity index (χ0) is 17.4. The van der Waals surface area contributed by atoms with E-state index in [4.69, 9.17) is 11.6 Å². The molecule has 24 heavy (non-hydrogen) atoms. The van der Waals surface area contributed by atoms with Crippen molar-refractivity contribution in [2.45, 2.75) is 13.0 Å². The number of carbonyl (C=O) groups excluding carboxylic acids is 2. The van der Waals surface area contributed by atoms with Crippen LogP contribution in [0.3, 0.4) is 0 Å². The van der Waals surface area contributed by atoms with E-state index in [0.717, 1.165) is 12.0 Å². The summed E-state index contributed by atoms with van der Waals surface area (Å²) in [6, 6.07) is 11.0. The van der Waals surface area contributed by atoms with Crippen molar-refractivity contribution in [2.75, 3.05) is 20.1 Å². The average molecular weight is 366 g/mol. The number of carbonyl (C=O) groups is 2. The fraction of sp³-hybridized carbons (Fsp3) is 0.294. The molecule has 1 aromatic heterocycles. The van der Waals surface area contributed by atoms with Gasteiger partial charge in [0.05, 0.1) is 6.54 Å². The van der Waals surface area contributed by atoms with Crippen LogP contribution in [-0.2, 0) is 17.8 Å². The summed E-state index contributed by atoms with van der Waals surface area (Å²) in [5.41, 5.74) is 0.940. The van der Waals surface area contributed by atoms with Crippen LogP contribution >= 0.6 is 22.9 Å². The van der Waals surface area contributed by atoms with E-state index in [1.807, 2.05) is 41.8 Å². The largest absolute Gasteiger partial charge is 0.337 e. The Morgan fingerprint density at radius 3 is 2.71 bits per heavy atom. The van der Waals surface area contributed by atoms with E-state index in [0.29, 0.717) is 18.1 Å². The lowest BCUT2D eigenvalue weighted by Gasteiger charge is -2.16. The van der Waals surface area contributed by atoms with Gasteiger partial charge in [0.15, 0.2) is 0 Å². The van der Waals surface area contributed by atoms with Crippen LogP contribution in [0.4, 0.5) is 4.79 Å². The van der Waals surface area contributed by atoms with Crippen molar-refractivity contribution in [3.05, 3.63) is 57.2 Å². The molecule has 0 aliphatic rings. The molecule has 2 aromatic rings. The normalized spacial score (nSPS) is 10.6. The lowest BCUT2D eigenvalue weighted by atomic mass is 10.2. The summed E-state index contributed by atoms with van der Waals surface area (Å²) in [5, 5.41) is 7.67. The van der Waals surface area contributed by atoms with Crippen LogP contribution in [0.2, 0.25) is 5.02 Å². The van der Waals surface area contributed by atoms with Gasteiger partial charge in [-0.2, -0.15) is 0 Å². The third-order valence-electron chi connectivity index (χ3n) is 3.30. The Kier molecular flexibility index (Phi) is 7.24. The van der Waals surface area contributed by atoms with Crippen LogP contribution in [-0.4, -0.2) is 37.0 Å². The molecule has 0 saturated carbocycles. The number of hydrogen-bond donors (Lipinski definition) is 2. The number of nitrogens with zero attached hydrogens (tertiary/aromatic N) is 1. The number of benzene rings is 1. The highest BCUT2D eigenvalue weighted by Crippen LogP contribution is 2.16. The van der Waals surface area contributed by atoms with Gasteiger partial charge < -0.3 is 5.32 Å². The number of likely N-dealkylation sites (N-methyl/N-ethyl adjacent to an activating group) is 1. The molecule has 7 heteroatoms. The average Bonchev–Trinajstić information content (AvgIpc) is 3.02. The van der Waals surface area contributed by atoms with Gasteiger partial charge in [-0.1, -0.05) is 35.9 Å². The second kappa shape index (κ2) is 9.42. The first kappa shape index (κ1) is 18.4. The molecule has 0 fully saturated rings. The molecule has 0 unspecified atom stereocenters. The Morgan fingerprint density at radius 2 is 2.00 bits per heavy atom. The lowest BCUT2D eigenvalue weighted by molar-refractivity contribution is -0.120. The van der Waals surface area contributed by atoms with Crippen molar-refractivity contribution in [3.8, 4) is 0 Å². The molecule has 0 atom stereocenters. The summed E-state index contributed by atoms with van der Waals surface area (Å²) < 4.78 is 0. The number of amides is 3. The standard InChI is InChI=1S/C17H20ClN3O2S/c1-21(11-13-5-2-3-7-15(13)18)12-16(22)20-17(23)19-9-8-14-6-4-10-24-14/h2-7,10H,8-9,11-12H2,1H3,(H2,19,20,22,23). The first-order chi connectivity index (χ1) is 11.5. The van der Waals surface area contributed by atoms with Crippen molar-refractivity contribution in [1.82, 2.24) is 15.5 Å². The molecule has 3 amide bonds. The van der Waals surface area contributed by atoms with Gasteiger partial charge in [0.25, 0.3) is 0 Å². The molecule has 1 heterocycles. The summed E-state index contributed by atoms with van der Waals surface area (Å²) in [5.74, 6) is -0.349. The maximum Gasteiger partial charge on any atom is 0.321 e. The molecule has 0 aliphatic heterocycles. The molecular formula is C17H20ClN3O2S. The van der Waals surface area contributed by atoms with Crippen LogP contribution in [0.5, 0.6) is 0 Å². The van der Waals surface area contributed by atoms with Gasteiger partial charge in [0, 0.05) is 23.0 Å². The van der Waals surface area contributed by atoms with Crippen molar-refractivity contribution in [2.24, 2.45) is 0 Å². The lowest BCUT2D eigenvalue weighted by Crippen LogP contribution is -2.44. The van der Waals surface area contributed by atoms with E-state index in [9.17, 15) is 9.59 Å². The molecule has 0 bridgehead atoms. The molecule has 128 valence electrons. The number of thiophene rings is 1. The molecule has 0 spiro atoms. The van der Waals surface area contributed by atoms with Gasteiger partial charge in [-0.25, -0.2) is 4.79 Å². The van der Waals surface area contributed by atoms with E-state index in [2.05, 4.69) is 10.6 Å². The fourth-order valence-corrected chi connectivity index (χ4v) is 3.09. The van der Waals surface area contributed by atoms with E-state index >= 15 is 0 Å². The van der Waals surface area contributed by atoms with E-state index < -0.39 is 6.03 Å². The minimum Gasteiger partial charge on any atom is -0.337 e. The van der Waals surface area contributed by atoms with Crippen LogP contribution in [0.15, 0.2) is 41.8 Å². The van der Waals surface area contributed by atoms with Gasteiger partial charge in [-0.15, -0.1) is 11.3 Å². The number of nitrogens with one attached hydrogen (secondary N) is 2. The quantitative estimate of drug-likeness (QED) is 0.793. The van der Waals surface area contributed by atoms with Gasteiger partial charge >= 0.3 is 6.03 Å². The zero-order valence-electron chi connectivity index (χ0n) is 13.4. The maximum atomic E-state index is 11.9. The van der Waals surface area contributed by atoms with Gasteiger partial charge in [-0.3, -0.25) is 15.0 Å². The Labute approximate surface area is 150 Å². The summed E-state index contributed by atoms with van der Waals surface area (Å²) >= 11 is 7.74. The Morgan fingerprint density at radius 1 is 1.21 bits per heavy atom. The number of urea groups is 1. The molecule has 1 aromatic carbocycles. The highest BCUT2D eigenvalue weighted by Gasteiger charge is 2.11. The van der Waals surface area contributed by atoms with E-state index in [-0.39, 0.29) is 12.5 Å². The number of hydrogen-bond acceptors (Lipinski definition) is 4. The summed E-state index contributed by atoms with van der Waals surface area (Å²) in [6.07, 6.45) is 0.756. The van der Waals surface area contributed by atoms with E-state index in [1.54, 1.807) is 23.3 Å². The Balaban J connectivity index is 1.68. The Bertz CT molecular complexity index is 676. The van der Waals surface area contributed by atoms with Crippen molar-refractivity contribution >= 4 is 34.9 Å². The number of imide groups is 1. The topological polar surface area (TPSA) is 61.4 Å². The SMILES string of the molecule is CN(CC(=O)NC(=O)NCCc1cccs1)Cc1ccccc1Cl. The summed E-state index contributed by atoms with van der Waals surface area (Å²) in [6.45, 7) is 1.14. The minimum atomic E-state index is -0.470. The Hall–Kier alpha value is -1.89. The highest BCUT2D eigenvalue weighted by atomic mass is 35.5. The van der Waals surface area contributed by atoms with E-state index in [1.165, 1.54) is 4.88 Å². The molecule has 2 rings (SSSR count). The van der Waals surface area contributed by atoms with Gasteiger partial charge in [-0.05, 0) is 36.5 Å². The second-order valence-electron chi connectivity index (χ2n) is 5.40. The highest BCUT2D eigenvalue weighted by molar-refractivity contribution is 7.09. The number of halogens is 1. The monoisotopic (exact) mass is 365 g/mol. The summed E-state index contributed by atoms with van der Waals surface area (Å²) in [7, 11) is 1.80. The molecule has 2 N–H and O–H groups in total. The smallest absolute Gasteiger partial charge is 0.321 e. The maximum absolute atomic E-state index is 11.9. The predicted octanol–water partition coefficient (Wildman–Crippen LogP) is 2.90. The van der Waals surface area contributed by atoms with Crippen molar-refractivity contribution < 1.29 is 9.59 Å². The minimum absolute atomic E-state index is 0.115. The third kappa shape index (κ3) is 6.31. The molecule has 5 nitrogen and oxygen atoms in total. The zero-order valence-corrected chi connectivity index (χ0v) is 15.0. The predicted molar refractivity (Wildman–Crippen MR) is 97.4 cm³/mol. The van der Waals surface area contributed by atoms with Crippen molar-refractivity contribution in [1.29, 1.82) is 0 Å². The molecular weight excluding hydrogens is 346 g/mol. The van der Waals surface area contributed by atoms with Gasteiger partial charge in [0.2, 0.25) is 5.91 Å². The first-order valence-corrected chi connectivity index (χ1v) is 8.82. The van der Waals surface area contributed by atoms with Crippen LogP contribution in [0.1, 0.15) is 10.4 Å². The van der Waals surface area contributed by atoms with Crippen molar-refractivity contribution in [3.63, 3.8) is 0 Å². The van der Waals surface area contributed by atoms with Crippen LogP contribution in [0, 0.1) is 0 Å².